The molecule has 0 aliphatic rings. The van der Waals surface area contributed by atoms with E-state index in [9.17, 15) is 25.2 Å². The van der Waals surface area contributed by atoms with Crippen LogP contribution in [0.2, 0.25) is 0 Å². The van der Waals surface area contributed by atoms with Gasteiger partial charge in [-0.05, 0) is 77.0 Å². The Balaban J connectivity index is 3.75. The Kier molecular flexibility index (Phi) is 39.6. The largest absolute Gasteiger partial charge is 0.394 e. The molecule has 0 aromatic heterocycles. The molecule has 0 spiro atoms. The van der Waals surface area contributed by atoms with E-state index in [-0.39, 0.29) is 0 Å². The van der Waals surface area contributed by atoms with Crippen LogP contribution in [0.15, 0.2) is 36.5 Å². The van der Waals surface area contributed by atoms with Crippen molar-refractivity contribution in [3.63, 3.8) is 0 Å². The lowest BCUT2D eigenvalue weighted by Crippen LogP contribution is -2.53. The number of amides is 1. The molecular weight excluding hydrogens is 647 g/mol. The number of nitrogens with one attached hydrogen (secondary N) is 1. The van der Waals surface area contributed by atoms with E-state index < -0.39 is 36.9 Å². The van der Waals surface area contributed by atoms with Crippen LogP contribution in [0.5, 0.6) is 0 Å². The van der Waals surface area contributed by atoms with Crippen molar-refractivity contribution in [3.8, 4) is 0 Å². The van der Waals surface area contributed by atoms with Gasteiger partial charge >= 0.3 is 0 Å². The second-order valence-corrected chi connectivity index (χ2v) is 15.4. The SMILES string of the molecule is CCCCCC/C=C/CC/C=C/CCCC(O)C(O)C(CO)NC(=O)C(O)CCCCCCCCC/C=C\CCCCCCCCCCCCCC. The van der Waals surface area contributed by atoms with Crippen LogP contribution in [0.3, 0.4) is 0 Å². The zero-order valence-corrected chi connectivity index (χ0v) is 34.3. The molecule has 0 saturated carbocycles. The van der Waals surface area contributed by atoms with Crippen LogP contribution >= 0.6 is 0 Å². The van der Waals surface area contributed by atoms with E-state index in [4.69, 9.17) is 0 Å². The van der Waals surface area contributed by atoms with Gasteiger partial charge in [-0.2, -0.15) is 0 Å². The van der Waals surface area contributed by atoms with Crippen molar-refractivity contribution in [1.82, 2.24) is 5.32 Å². The van der Waals surface area contributed by atoms with Gasteiger partial charge in [0.2, 0.25) is 5.91 Å². The highest BCUT2D eigenvalue weighted by molar-refractivity contribution is 5.80. The van der Waals surface area contributed by atoms with Crippen LogP contribution in [0.25, 0.3) is 0 Å². The van der Waals surface area contributed by atoms with Crippen molar-refractivity contribution in [2.45, 2.75) is 244 Å². The van der Waals surface area contributed by atoms with Gasteiger partial charge in [0.25, 0.3) is 0 Å². The molecule has 0 rings (SSSR count). The summed E-state index contributed by atoms with van der Waals surface area (Å²) in [6.45, 7) is 4.01. The molecule has 52 heavy (non-hydrogen) atoms. The number of rotatable bonds is 40. The van der Waals surface area contributed by atoms with E-state index in [0.717, 1.165) is 44.9 Å². The number of aliphatic hydroxyl groups is 4. The fourth-order valence-electron chi connectivity index (χ4n) is 6.71. The van der Waals surface area contributed by atoms with Crippen LogP contribution in [0, 0.1) is 0 Å². The first kappa shape index (κ1) is 50.5. The summed E-state index contributed by atoms with van der Waals surface area (Å²) < 4.78 is 0. The highest BCUT2D eigenvalue weighted by Crippen LogP contribution is 2.15. The van der Waals surface area contributed by atoms with E-state index >= 15 is 0 Å². The fourth-order valence-corrected chi connectivity index (χ4v) is 6.71. The first-order valence-corrected chi connectivity index (χ1v) is 22.4. The molecule has 0 saturated heterocycles. The average molecular weight is 734 g/mol. The van der Waals surface area contributed by atoms with Gasteiger partial charge in [-0.15, -0.1) is 0 Å². The van der Waals surface area contributed by atoms with Crippen molar-refractivity contribution in [2.75, 3.05) is 6.61 Å². The molecule has 4 atom stereocenters. The van der Waals surface area contributed by atoms with Gasteiger partial charge in [0.15, 0.2) is 0 Å². The molecular formula is C46H87NO5. The first-order chi connectivity index (χ1) is 25.5. The van der Waals surface area contributed by atoms with Crippen molar-refractivity contribution in [3.05, 3.63) is 36.5 Å². The predicted molar refractivity (Wildman–Crippen MR) is 224 cm³/mol. The Hall–Kier alpha value is -1.47. The third-order valence-electron chi connectivity index (χ3n) is 10.3. The van der Waals surface area contributed by atoms with Crippen LogP contribution < -0.4 is 5.32 Å². The van der Waals surface area contributed by atoms with Gasteiger partial charge in [-0.1, -0.05) is 179 Å². The van der Waals surface area contributed by atoms with Gasteiger partial charge in [-0.3, -0.25) is 4.79 Å². The molecule has 0 radical (unpaired) electrons. The molecule has 4 unspecified atom stereocenters. The van der Waals surface area contributed by atoms with Gasteiger partial charge in [0.1, 0.15) is 12.2 Å². The Morgan fingerprint density at radius 3 is 1.23 bits per heavy atom. The van der Waals surface area contributed by atoms with Gasteiger partial charge < -0.3 is 25.7 Å². The average Bonchev–Trinajstić information content (AvgIpc) is 3.15. The van der Waals surface area contributed by atoms with E-state index in [2.05, 4.69) is 55.6 Å². The molecule has 5 N–H and O–H groups in total. The zero-order valence-electron chi connectivity index (χ0n) is 34.3. The lowest BCUT2D eigenvalue weighted by atomic mass is 10.00. The first-order valence-electron chi connectivity index (χ1n) is 22.4. The van der Waals surface area contributed by atoms with E-state index in [1.54, 1.807) is 0 Å². The summed E-state index contributed by atoms with van der Waals surface area (Å²) in [6, 6.07) is -1.01. The van der Waals surface area contributed by atoms with Gasteiger partial charge in [0.05, 0.1) is 18.8 Å². The highest BCUT2D eigenvalue weighted by Gasteiger charge is 2.28. The summed E-state index contributed by atoms with van der Waals surface area (Å²) in [6.07, 6.45) is 47.5. The minimum absolute atomic E-state index is 0.355. The zero-order chi connectivity index (χ0) is 38.2. The number of unbranched alkanes of at least 4 members (excludes halogenated alkanes) is 25. The topological polar surface area (TPSA) is 110 Å². The monoisotopic (exact) mass is 734 g/mol. The summed E-state index contributed by atoms with van der Waals surface area (Å²) >= 11 is 0. The molecule has 0 aliphatic heterocycles. The minimum Gasteiger partial charge on any atom is -0.394 e. The third-order valence-corrected chi connectivity index (χ3v) is 10.3. The summed E-state index contributed by atoms with van der Waals surface area (Å²) in [7, 11) is 0. The van der Waals surface area contributed by atoms with Crippen LogP contribution in [0.1, 0.15) is 219 Å². The summed E-state index contributed by atoms with van der Waals surface area (Å²) in [4.78, 5) is 12.5. The standard InChI is InChI=1S/C46H87NO5/c1-3-5-7-9-11-13-15-17-18-19-20-21-22-23-24-25-26-28-30-32-34-36-38-40-44(50)46(52)47-42(41-48)45(51)43(49)39-37-35-33-31-29-27-16-14-12-10-8-6-4-2/h14,16,23-24,31,33,42-45,48-51H,3-13,15,17-22,25-30,32,34-41H2,1-2H3,(H,47,52)/b16-14+,24-23-,33-31+. The Morgan fingerprint density at radius 1 is 0.462 bits per heavy atom. The maximum atomic E-state index is 12.5. The van der Waals surface area contributed by atoms with Crippen molar-refractivity contribution < 1.29 is 25.2 Å². The Morgan fingerprint density at radius 2 is 0.808 bits per heavy atom. The molecule has 0 aromatic rings. The van der Waals surface area contributed by atoms with Crippen LogP contribution in [-0.4, -0.2) is 57.3 Å². The number of hydrogen-bond acceptors (Lipinski definition) is 5. The smallest absolute Gasteiger partial charge is 0.249 e. The minimum atomic E-state index is -1.29. The number of carbonyl (C=O) groups excluding carboxylic acids is 1. The molecule has 306 valence electrons. The second-order valence-electron chi connectivity index (χ2n) is 15.4. The van der Waals surface area contributed by atoms with Crippen LogP contribution in [0.4, 0.5) is 0 Å². The molecule has 1 amide bonds. The van der Waals surface area contributed by atoms with E-state index in [0.29, 0.717) is 19.3 Å². The van der Waals surface area contributed by atoms with Gasteiger partial charge in [0, 0.05) is 0 Å². The van der Waals surface area contributed by atoms with E-state index in [1.807, 2.05) is 0 Å². The van der Waals surface area contributed by atoms with E-state index in [1.165, 1.54) is 141 Å². The van der Waals surface area contributed by atoms with Crippen molar-refractivity contribution >= 4 is 5.91 Å². The molecule has 0 aliphatic carbocycles. The number of aliphatic hydroxyl groups excluding tert-OH is 4. The predicted octanol–water partition coefficient (Wildman–Crippen LogP) is 11.7. The molecule has 6 heteroatoms. The Labute approximate surface area is 322 Å². The molecule has 0 fully saturated rings. The maximum Gasteiger partial charge on any atom is 0.249 e. The molecule has 6 nitrogen and oxygen atoms in total. The number of allylic oxidation sites excluding steroid dienone is 6. The fraction of sp³-hybridized carbons (Fsp3) is 0.848. The number of hydrogen-bond donors (Lipinski definition) is 5. The van der Waals surface area contributed by atoms with Gasteiger partial charge in [-0.25, -0.2) is 0 Å². The molecule has 0 heterocycles. The van der Waals surface area contributed by atoms with Crippen molar-refractivity contribution in [2.24, 2.45) is 0 Å². The second kappa shape index (κ2) is 40.7. The number of carbonyl (C=O) groups is 1. The normalized spacial score (nSPS) is 14.5. The molecule has 0 aromatic carbocycles. The lowest BCUT2D eigenvalue weighted by molar-refractivity contribution is -0.132. The summed E-state index contributed by atoms with van der Waals surface area (Å²) in [5.74, 6) is -0.602. The third kappa shape index (κ3) is 34.3. The van der Waals surface area contributed by atoms with Crippen molar-refractivity contribution in [1.29, 1.82) is 0 Å². The quantitative estimate of drug-likeness (QED) is 0.0318. The summed E-state index contributed by atoms with van der Waals surface area (Å²) in [5.41, 5.74) is 0. The highest BCUT2D eigenvalue weighted by atomic mass is 16.3. The lowest BCUT2D eigenvalue weighted by Gasteiger charge is -2.27. The van der Waals surface area contributed by atoms with Crippen LogP contribution in [-0.2, 0) is 4.79 Å². The maximum absolute atomic E-state index is 12.5. The molecule has 0 bridgehead atoms. The summed E-state index contributed by atoms with van der Waals surface area (Å²) in [5, 5.41) is 43.6. The Bertz CT molecular complexity index is 828.